The Kier molecular flexibility index (Phi) is 6.53. The maximum Gasteiger partial charge on any atom is 0.303 e. The summed E-state index contributed by atoms with van der Waals surface area (Å²) in [6.07, 6.45) is 0.499. The van der Waals surface area contributed by atoms with E-state index in [-0.39, 0.29) is 18.8 Å². The van der Waals surface area contributed by atoms with Crippen LogP contribution < -0.4 is 0 Å². The van der Waals surface area contributed by atoms with Gasteiger partial charge in [-0.2, -0.15) is 0 Å². The Bertz CT molecular complexity index is 726. The number of ketones is 1. The van der Waals surface area contributed by atoms with Gasteiger partial charge in [0.2, 0.25) is 0 Å². The Hall–Kier alpha value is -2.17. The second-order valence-electron chi connectivity index (χ2n) is 5.50. The highest BCUT2D eigenvalue weighted by Gasteiger charge is 2.15. The monoisotopic (exact) mass is 346 g/mol. The zero-order chi connectivity index (χ0) is 17.5. The number of hydrogen-bond donors (Lipinski definition) is 1. The van der Waals surface area contributed by atoms with E-state index in [1.165, 1.54) is 0 Å². The molecule has 4 nitrogen and oxygen atoms in total. The predicted octanol–water partition coefficient (Wildman–Crippen LogP) is 4.26. The largest absolute Gasteiger partial charge is 0.481 e. The Morgan fingerprint density at radius 3 is 2.54 bits per heavy atom. The van der Waals surface area contributed by atoms with E-state index in [1.807, 2.05) is 31.2 Å². The molecule has 126 valence electrons. The lowest BCUT2D eigenvalue weighted by Gasteiger charge is -2.12. The average Bonchev–Trinajstić information content (AvgIpc) is 2.57. The van der Waals surface area contributed by atoms with Crippen molar-refractivity contribution in [3.05, 3.63) is 69.7 Å². The number of carbonyl (C=O) groups is 2. The van der Waals surface area contributed by atoms with Crippen LogP contribution in [0.4, 0.5) is 0 Å². The van der Waals surface area contributed by atoms with Crippen molar-refractivity contribution in [2.24, 2.45) is 0 Å². The molecule has 0 fully saturated rings. The molecule has 0 bridgehead atoms. The van der Waals surface area contributed by atoms with Crippen molar-refractivity contribution in [2.75, 3.05) is 6.61 Å². The molecule has 0 amide bonds. The van der Waals surface area contributed by atoms with Gasteiger partial charge in [0.15, 0.2) is 5.78 Å². The SMILES string of the molecule is Cc1cc(COCCCC(=O)O)c(C(=O)c2ccccc2)cc1Cl. The van der Waals surface area contributed by atoms with Crippen molar-refractivity contribution in [3.63, 3.8) is 0 Å². The molecule has 0 aliphatic heterocycles. The first-order valence-electron chi connectivity index (χ1n) is 7.67. The van der Waals surface area contributed by atoms with Gasteiger partial charge in [-0.15, -0.1) is 0 Å². The molecular formula is C19H19ClO4. The summed E-state index contributed by atoms with van der Waals surface area (Å²) < 4.78 is 5.53. The lowest BCUT2D eigenvalue weighted by Crippen LogP contribution is -2.08. The molecule has 0 heterocycles. The molecule has 0 saturated carbocycles. The van der Waals surface area contributed by atoms with Gasteiger partial charge in [0.25, 0.3) is 0 Å². The lowest BCUT2D eigenvalue weighted by atomic mass is 9.97. The maximum atomic E-state index is 12.7. The molecule has 0 atom stereocenters. The highest BCUT2D eigenvalue weighted by atomic mass is 35.5. The molecule has 2 aromatic carbocycles. The van der Waals surface area contributed by atoms with Gasteiger partial charge < -0.3 is 9.84 Å². The van der Waals surface area contributed by atoms with E-state index in [2.05, 4.69) is 0 Å². The minimum atomic E-state index is -0.846. The minimum absolute atomic E-state index is 0.0649. The molecule has 0 spiro atoms. The first kappa shape index (κ1) is 18.2. The van der Waals surface area contributed by atoms with Crippen molar-refractivity contribution in [1.29, 1.82) is 0 Å². The van der Waals surface area contributed by atoms with Gasteiger partial charge in [-0.05, 0) is 30.5 Å². The van der Waals surface area contributed by atoms with Crippen molar-refractivity contribution in [2.45, 2.75) is 26.4 Å². The number of aliphatic carboxylic acids is 1. The zero-order valence-corrected chi connectivity index (χ0v) is 14.2. The molecule has 0 unspecified atom stereocenters. The van der Waals surface area contributed by atoms with Gasteiger partial charge >= 0.3 is 5.97 Å². The van der Waals surface area contributed by atoms with Gasteiger partial charge in [0.05, 0.1) is 6.61 Å². The zero-order valence-electron chi connectivity index (χ0n) is 13.4. The number of halogens is 1. The molecular weight excluding hydrogens is 328 g/mol. The Labute approximate surface area is 146 Å². The Morgan fingerprint density at radius 2 is 1.88 bits per heavy atom. The Morgan fingerprint density at radius 1 is 1.17 bits per heavy atom. The van der Waals surface area contributed by atoms with Gasteiger partial charge in [-0.25, -0.2) is 0 Å². The number of carbonyl (C=O) groups excluding carboxylic acids is 1. The predicted molar refractivity (Wildman–Crippen MR) is 92.6 cm³/mol. The lowest BCUT2D eigenvalue weighted by molar-refractivity contribution is -0.137. The van der Waals surface area contributed by atoms with Crippen LogP contribution in [0.15, 0.2) is 42.5 Å². The molecule has 0 radical (unpaired) electrons. The van der Waals surface area contributed by atoms with Gasteiger partial charge in [-0.1, -0.05) is 48.0 Å². The van der Waals surface area contributed by atoms with Crippen LogP contribution in [0, 0.1) is 6.92 Å². The fraction of sp³-hybridized carbons (Fsp3) is 0.263. The van der Waals surface area contributed by atoms with E-state index in [0.717, 1.165) is 11.1 Å². The van der Waals surface area contributed by atoms with Crippen LogP contribution in [0.2, 0.25) is 5.02 Å². The molecule has 1 N–H and O–H groups in total. The highest BCUT2D eigenvalue weighted by molar-refractivity contribution is 6.32. The summed E-state index contributed by atoms with van der Waals surface area (Å²) >= 11 is 6.18. The van der Waals surface area contributed by atoms with E-state index in [4.69, 9.17) is 21.4 Å². The molecule has 0 aliphatic carbocycles. The van der Waals surface area contributed by atoms with Crippen molar-refractivity contribution in [1.82, 2.24) is 0 Å². The van der Waals surface area contributed by atoms with E-state index in [0.29, 0.717) is 29.2 Å². The van der Waals surface area contributed by atoms with Crippen molar-refractivity contribution in [3.8, 4) is 0 Å². The fourth-order valence-electron chi connectivity index (χ4n) is 2.32. The summed E-state index contributed by atoms with van der Waals surface area (Å²) in [5, 5.41) is 9.16. The average molecular weight is 347 g/mol. The van der Waals surface area contributed by atoms with E-state index < -0.39 is 5.97 Å². The fourth-order valence-corrected chi connectivity index (χ4v) is 2.49. The van der Waals surface area contributed by atoms with Crippen molar-refractivity contribution >= 4 is 23.4 Å². The summed E-state index contributed by atoms with van der Waals surface area (Å²) in [6, 6.07) is 12.5. The standard InChI is InChI=1S/C19H19ClO4/c1-13-10-15(12-24-9-5-8-18(21)22)16(11-17(13)20)19(23)14-6-3-2-4-7-14/h2-4,6-7,10-11H,5,8-9,12H2,1H3,(H,21,22). The third-order valence-corrected chi connectivity index (χ3v) is 4.01. The normalized spacial score (nSPS) is 10.6. The number of carboxylic acid groups (broad SMARTS) is 1. The summed E-state index contributed by atoms with van der Waals surface area (Å²) in [7, 11) is 0. The highest BCUT2D eigenvalue weighted by Crippen LogP contribution is 2.24. The van der Waals surface area contributed by atoms with Gasteiger partial charge in [-0.3, -0.25) is 9.59 Å². The molecule has 24 heavy (non-hydrogen) atoms. The molecule has 2 aromatic rings. The quantitative estimate of drug-likeness (QED) is 0.573. The summed E-state index contributed by atoms with van der Waals surface area (Å²) in [6.45, 7) is 2.44. The van der Waals surface area contributed by atoms with Gasteiger partial charge in [0.1, 0.15) is 0 Å². The van der Waals surface area contributed by atoms with Gasteiger partial charge in [0, 0.05) is 29.2 Å². The number of ether oxygens (including phenoxy) is 1. The third kappa shape index (κ3) is 4.91. The second-order valence-corrected chi connectivity index (χ2v) is 5.91. The first-order chi connectivity index (χ1) is 11.5. The molecule has 2 rings (SSSR count). The Balaban J connectivity index is 2.16. The number of carboxylic acids is 1. The van der Waals surface area contributed by atoms with Crippen LogP contribution in [0.5, 0.6) is 0 Å². The topological polar surface area (TPSA) is 63.6 Å². The molecule has 0 aliphatic rings. The number of hydrogen-bond acceptors (Lipinski definition) is 3. The minimum Gasteiger partial charge on any atom is -0.481 e. The van der Waals surface area contributed by atoms with Crippen LogP contribution in [-0.2, 0) is 16.1 Å². The molecule has 5 heteroatoms. The van der Waals surface area contributed by atoms with Crippen molar-refractivity contribution < 1.29 is 19.4 Å². The molecule has 0 aromatic heterocycles. The number of aryl methyl sites for hydroxylation is 1. The van der Waals surface area contributed by atoms with Crippen LogP contribution >= 0.6 is 11.6 Å². The van der Waals surface area contributed by atoms with E-state index in [9.17, 15) is 9.59 Å². The number of rotatable bonds is 8. The summed E-state index contributed by atoms with van der Waals surface area (Å²) in [5.74, 6) is -0.956. The summed E-state index contributed by atoms with van der Waals surface area (Å²) in [5.41, 5.74) is 2.71. The van der Waals surface area contributed by atoms with Crippen LogP contribution in [-0.4, -0.2) is 23.5 Å². The third-order valence-electron chi connectivity index (χ3n) is 3.60. The maximum absolute atomic E-state index is 12.7. The molecule has 0 saturated heterocycles. The van der Waals surface area contributed by atoms with Crippen LogP contribution in [0.3, 0.4) is 0 Å². The first-order valence-corrected chi connectivity index (χ1v) is 8.05. The van der Waals surface area contributed by atoms with Crippen LogP contribution in [0.25, 0.3) is 0 Å². The van der Waals surface area contributed by atoms with E-state index >= 15 is 0 Å². The smallest absolute Gasteiger partial charge is 0.303 e. The summed E-state index contributed by atoms with van der Waals surface area (Å²) in [4.78, 5) is 23.2. The second kappa shape index (κ2) is 8.62. The van der Waals surface area contributed by atoms with Crippen LogP contribution in [0.1, 0.15) is 39.9 Å². The number of benzene rings is 2. The van der Waals surface area contributed by atoms with E-state index in [1.54, 1.807) is 18.2 Å².